The van der Waals surface area contributed by atoms with Crippen molar-refractivity contribution >= 4 is 5.91 Å². The van der Waals surface area contributed by atoms with Crippen molar-refractivity contribution in [3.63, 3.8) is 0 Å². The molecule has 1 aromatic heterocycles. The lowest BCUT2D eigenvalue weighted by molar-refractivity contribution is 0.0641. The van der Waals surface area contributed by atoms with Crippen molar-refractivity contribution in [3.8, 4) is 5.69 Å². The standard InChI is InChI=1S/C23H32N4O/c1-4-8-20-21(23(28)26-15-13-25(5-2)14-16-26)22(18-11-12-18)24-27(20)19-10-7-6-9-17(19)3/h6-7,9-10,18H,4-5,8,11-16H2,1-3H3. The van der Waals surface area contributed by atoms with Crippen LogP contribution in [0.5, 0.6) is 0 Å². The van der Waals surface area contributed by atoms with Gasteiger partial charge in [-0.05, 0) is 44.4 Å². The fourth-order valence-electron chi connectivity index (χ4n) is 4.24. The van der Waals surface area contributed by atoms with Crippen LogP contribution < -0.4 is 0 Å². The van der Waals surface area contributed by atoms with Gasteiger partial charge in [0.05, 0.1) is 22.6 Å². The van der Waals surface area contributed by atoms with E-state index in [0.29, 0.717) is 5.92 Å². The Bertz CT molecular complexity index is 844. The summed E-state index contributed by atoms with van der Waals surface area (Å²) in [6.07, 6.45) is 4.19. The molecule has 1 saturated carbocycles. The van der Waals surface area contributed by atoms with Crippen LogP contribution in [-0.4, -0.2) is 58.2 Å². The van der Waals surface area contributed by atoms with Gasteiger partial charge < -0.3 is 9.80 Å². The van der Waals surface area contributed by atoms with Gasteiger partial charge in [0.15, 0.2) is 0 Å². The quantitative estimate of drug-likeness (QED) is 0.766. The lowest BCUT2D eigenvalue weighted by Gasteiger charge is -2.34. The highest BCUT2D eigenvalue weighted by atomic mass is 16.2. The molecule has 150 valence electrons. The van der Waals surface area contributed by atoms with Gasteiger partial charge in [0, 0.05) is 32.1 Å². The third-order valence-electron chi connectivity index (χ3n) is 6.12. The van der Waals surface area contributed by atoms with Gasteiger partial charge in [-0.3, -0.25) is 4.79 Å². The Balaban J connectivity index is 1.75. The molecular weight excluding hydrogens is 348 g/mol. The molecule has 0 unspecified atom stereocenters. The van der Waals surface area contributed by atoms with Crippen LogP contribution in [0.3, 0.4) is 0 Å². The largest absolute Gasteiger partial charge is 0.336 e. The van der Waals surface area contributed by atoms with E-state index in [4.69, 9.17) is 5.10 Å². The first-order valence-corrected chi connectivity index (χ1v) is 10.8. The lowest BCUT2D eigenvalue weighted by Crippen LogP contribution is -2.48. The van der Waals surface area contributed by atoms with Gasteiger partial charge in [-0.1, -0.05) is 38.5 Å². The predicted molar refractivity (Wildman–Crippen MR) is 112 cm³/mol. The molecule has 1 amide bonds. The van der Waals surface area contributed by atoms with Crippen molar-refractivity contribution in [2.75, 3.05) is 32.7 Å². The van der Waals surface area contributed by atoms with Crippen LogP contribution >= 0.6 is 0 Å². The summed E-state index contributed by atoms with van der Waals surface area (Å²) in [6.45, 7) is 11.1. The van der Waals surface area contributed by atoms with Gasteiger partial charge in [-0.15, -0.1) is 0 Å². The first kappa shape index (κ1) is 19.2. The molecule has 0 N–H and O–H groups in total. The summed E-state index contributed by atoms with van der Waals surface area (Å²) in [5, 5.41) is 5.03. The number of nitrogens with zero attached hydrogens (tertiary/aromatic N) is 4. The molecular formula is C23H32N4O. The molecule has 1 aliphatic heterocycles. The molecule has 2 heterocycles. The third kappa shape index (κ3) is 3.60. The summed E-state index contributed by atoms with van der Waals surface area (Å²) in [5.41, 5.74) is 5.33. The van der Waals surface area contributed by atoms with Gasteiger partial charge in [-0.2, -0.15) is 5.10 Å². The molecule has 2 aromatic rings. The van der Waals surface area contributed by atoms with Gasteiger partial charge in [0.1, 0.15) is 0 Å². The Labute approximate surface area is 168 Å². The van der Waals surface area contributed by atoms with Crippen LogP contribution in [0.4, 0.5) is 0 Å². The Morgan fingerprint density at radius 1 is 1.11 bits per heavy atom. The number of carbonyl (C=O) groups is 1. The predicted octanol–water partition coefficient (Wildman–Crippen LogP) is 3.79. The maximum atomic E-state index is 13.6. The van der Waals surface area contributed by atoms with Crippen molar-refractivity contribution in [2.24, 2.45) is 0 Å². The molecule has 5 heteroatoms. The molecule has 28 heavy (non-hydrogen) atoms. The second-order valence-electron chi connectivity index (χ2n) is 8.16. The Morgan fingerprint density at radius 3 is 2.43 bits per heavy atom. The molecule has 5 nitrogen and oxygen atoms in total. The number of likely N-dealkylation sites (N-methyl/N-ethyl adjacent to an activating group) is 1. The number of hydrogen-bond acceptors (Lipinski definition) is 3. The second-order valence-corrected chi connectivity index (χ2v) is 8.16. The maximum Gasteiger partial charge on any atom is 0.257 e. The molecule has 2 fully saturated rings. The molecule has 0 atom stereocenters. The molecule has 0 bridgehead atoms. The summed E-state index contributed by atoms with van der Waals surface area (Å²) in [7, 11) is 0. The summed E-state index contributed by atoms with van der Waals surface area (Å²) >= 11 is 0. The molecule has 2 aliphatic rings. The Kier molecular flexibility index (Phi) is 5.54. The number of carbonyl (C=O) groups excluding carboxylic acids is 1. The number of para-hydroxylation sites is 1. The number of benzene rings is 1. The minimum atomic E-state index is 0.195. The molecule has 0 radical (unpaired) electrons. The smallest absolute Gasteiger partial charge is 0.257 e. The van der Waals surface area contributed by atoms with Crippen molar-refractivity contribution in [1.82, 2.24) is 19.6 Å². The third-order valence-corrected chi connectivity index (χ3v) is 6.12. The highest BCUT2D eigenvalue weighted by Crippen LogP contribution is 2.43. The van der Waals surface area contributed by atoms with E-state index in [1.54, 1.807) is 0 Å². The van der Waals surface area contributed by atoms with E-state index in [1.807, 2.05) is 0 Å². The first-order chi connectivity index (χ1) is 13.6. The fourth-order valence-corrected chi connectivity index (χ4v) is 4.24. The minimum absolute atomic E-state index is 0.195. The Hall–Kier alpha value is -2.14. The van der Waals surface area contributed by atoms with Crippen molar-refractivity contribution in [2.45, 2.75) is 52.4 Å². The SMILES string of the molecule is CCCc1c(C(=O)N2CCN(CC)CC2)c(C2CC2)nn1-c1ccccc1C. The second kappa shape index (κ2) is 8.08. The van der Waals surface area contributed by atoms with E-state index in [0.717, 1.165) is 81.0 Å². The van der Waals surface area contributed by atoms with E-state index in [-0.39, 0.29) is 5.91 Å². The number of aromatic nitrogens is 2. The average molecular weight is 381 g/mol. The molecule has 0 spiro atoms. The number of rotatable bonds is 6. The lowest BCUT2D eigenvalue weighted by atomic mass is 10.0. The maximum absolute atomic E-state index is 13.6. The zero-order chi connectivity index (χ0) is 19.7. The highest BCUT2D eigenvalue weighted by molar-refractivity contribution is 5.97. The number of amides is 1. The van der Waals surface area contributed by atoms with Crippen LogP contribution in [0, 0.1) is 6.92 Å². The van der Waals surface area contributed by atoms with Crippen LogP contribution in [0.1, 0.15) is 66.3 Å². The number of hydrogen-bond donors (Lipinski definition) is 0. The van der Waals surface area contributed by atoms with Crippen molar-refractivity contribution < 1.29 is 4.79 Å². The molecule has 1 saturated heterocycles. The summed E-state index contributed by atoms with van der Waals surface area (Å²) < 4.78 is 2.07. The number of aryl methyl sites for hydroxylation is 1. The van der Waals surface area contributed by atoms with E-state index in [9.17, 15) is 4.79 Å². The van der Waals surface area contributed by atoms with Gasteiger partial charge in [0.2, 0.25) is 0 Å². The normalized spacial score (nSPS) is 17.9. The van der Waals surface area contributed by atoms with E-state index in [2.05, 4.69) is 59.5 Å². The van der Waals surface area contributed by atoms with Gasteiger partial charge in [-0.25, -0.2) is 4.68 Å². The van der Waals surface area contributed by atoms with Crippen molar-refractivity contribution in [1.29, 1.82) is 0 Å². The highest BCUT2D eigenvalue weighted by Gasteiger charge is 2.36. The first-order valence-electron chi connectivity index (χ1n) is 10.8. The van der Waals surface area contributed by atoms with E-state index >= 15 is 0 Å². The van der Waals surface area contributed by atoms with Crippen LogP contribution in [0.15, 0.2) is 24.3 Å². The molecule has 1 aliphatic carbocycles. The van der Waals surface area contributed by atoms with Crippen LogP contribution in [-0.2, 0) is 6.42 Å². The minimum Gasteiger partial charge on any atom is -0.336 e. The Morgan fingerprint density at radius 2 is 1.82 bits per heavy atom. The van der Waals surface area contributed by atoms with Gasteiger partial charge in [0.25, 0.3) is 5.91 Å². The van der Waals surface area contributed by atoms with Gasteiger partial charge >= 0.3 is 0 Å². The summed E-state index contributed by atoms with van der Waals surface area (Å²) in [6, 6.07) is 8.35. The monoisotopic (exact) mass is 380 g/mol. The summed E-state index contributed by atoms with van der Waals surface area (Å²) in [5.74, 6) is 0.651. The molecule has 1 aromatic carbocycles. The average Bonchev–Trinajstić information content (AvgIpc) is 3.50. The zero-order valence-corrected chi connectivity index (χ0v) is 17.4. The van der Waals surface area contributed by atoms with Crippen LogP contribution in [0.2, 0.25) is 0 Å². The topological polar surface area (TPSA) is 41.4 Å². The summed E-state index contributed by atoms with van der Waals surface area (Å²) in [4.78, 5) is 18.1. The number of piperazine rings is 1. The fraction of sp³-hybridized carbons (Fsp3) is 0.565. The zero-order valence-electron chi connectivity index (χ0n) is 17.4. The van der Waals surface area contributed by atoms with Crippen molar-refractivity contribution in [3.05, 3.63) is 46.8 Å². The van der Waals surface area contributed by atoms with Crippen LogP contribution in [0.25, 0.3) is 5.69 Å². The molecule has 4 rings (SSSR count). The van der Waals surface area contributed by atoms with E-state index < -0.39 is 0 Å². The van der Waals surface area contributed by atoms with E-state index in [1.165, 1.54) is 5.56 Å².